The first-order valence-electron chi connectivity index (χ1n) is 8.90. The van der Waals surface area contributed by atoms with Gasteiger partial charge in [-0.15, -0.1) is 0 Å². The highest BCUT2D eigenvalue weighted by Gasteiger charge is 2.22. The van der Waals surface area contributed by atoms with Gasteiger partial charge in [0.15, 0.2) is 0 Å². The standard InChI is InChI=1S/C21H22O7/c1-3-25-19(22)15-10-11-17(20(23)26-4-2)18(14-15)21(24)28-13-12-27-16-8-6-5-7-9-16/h5-11,14H,3-4,12-13H2,1-2H3. The van der Waals surface area contributed by atoms with E-state index < -0.39 is 17.9 Å². The predicted octanol–water partition coefficient (Wildman–Crippen LogP) is 3.28. The van der Waals surface area contributed by atoms with Crippen LogP contribution >= 0.6 is 0 Å². The summed E-state index contributed by atoms with van der Waals surface area (Å²) in [5.41, 5.74) is 0.0926. The van der Waals surface area contributed by atoms with Gasteiger partial charge in [-0.25, -0.2) is 14.4 Å². The highest BCUT2D eigenvalue weighted by Crippen LogP contribution is 2.16. The molecule has 0 saturated carbocycles. The Balaban J connectivity index is 2.10. The Morgan fingerprint density at radius 3 is 2.04 bits per heavy atom. The van der Waals surface area contributed by atoms with E-state index in [4.69, 9.17) is 18.9 Å². The molecule has 0 saturated heterocycles. The molecule has 7 nitrogen and oxygen atoms in total. The third-order valence-electron chi connectivity index (χ3n) is 3.57. The lowest BCUT2D eigenvalue weighted by atomic mass is 10.0. The van der Waals surface area contributed by atoms with Gasteiger partial charge >= 0.3 is 17.9 Å². The lowest BCUT2D eigenvalue weighted by Crippen LogP contribution is -2.18. The first-order valence-corrected chi connectivity index (χ1v) is 8.90. The zero-order chi connectivity index (χ0) is 20.4. The fourth-order valence-corrected chi connectivity index (χ4v) is 2.33. The van der Waals surface area contributed by atoms with Crippen molar-refractivity contribution in [2.45, 2.75) is 13.8 Å². The highest BCUT2D eigenvalue weighted by molar-refractivity contribution is 6.05. The summed E-state index contributed by atoms with van der Waals surface area (Å²) in [6.45, 7) is 3.78. The summed E-state index contributed by atoms with van der Waals surface area (Å²) in [5.74, 6) is -1.38. The molecule has 0 aliphatic carbocycles. The van der Waals surface area contributed by atoms with E-state index in [1.54, 1.807) is 26.0 Å². The second-order valence-electron chi connectivity index (χ2n) is 5.50. The summed E-state index contributed by atoms with van der Waals surface area (Å²) in [4.78, 5) is 36.5. The Bertz CT molecular complexity index is 815. The number of hydrogen-bond acceptors (Lipinski definition) is 7. The van der Waals surface area contributed by atoms with Gasteiger partial charge in [0, 0.05) is 0 Å². The molecule has 0 bridgehead atoms. The Morgan fingerprint density at radius 2 is 1.36 bits per heavy atom. The van der Waals surface area contributed by atoms with Crippen LogP contribution < -0.4 is 4.74 Å². The number of rotatable bonds is 9. The molecule has 0 aliphatic heterocycles. The zero-order valence-electron chi connectivity index (χ0n) is 15.8. The normalized spacial score (nSPS) is 10.1. The van der Waals surface area contributed by atoms with Crippen LogP contribution in [-0.2, 0) is 14.2 Å². The Hall–Kier alpha value is -3.35. The van der Waals surface area contributed by atoms with Gasteiger partial charge in [0.2, 0.25) is 0 Å². The quantitative estimate of drug-likeness (QED) is 0.371. The first-order chi connectivity index (χ1) is 13.6. The number of carbonyl (C=O) groups is 3. The molecule has 0 unspecified atom stereocenters. The van der Waals surface area contributed by atoms with Gasteiger partial charge in [-0.1, -0.05) is 18.2 Å². The molecule has 0 atom stereocenters. The van der Waals surface area contributed by atoms with E-state index in [9.17, 15) is 14.4 Å². The Morgan fingerprint density at radius 1 is 0.714 bits per heavy atom. The molecule has 148 valence electrons. The average Bonchev–Trinajstić information content (AvgIpc) is 2.71. The average molecular weight is 386 g/mol. The maximum Gasteiger partial charge on any atom is 0.339 e. The Labute approximate surface area is 163 Å². The number of para-hydroxylation sites is 1. The van der Waals surface area contributed by atoms with E-state index in [0.717, 1.165) is 0 Å². The maximum atomic E-state index is 12.5. The van der Waals surface area contributed by atoms with Crippen LogP contribution in [0, 0.1) is 0 Å². The molecule has 0 aromatic heterocycles. The molecule has 0 spiro atoms. The molecule has 0 fully saturated rings. The van der Waals surface area contributed by atoms with Crippen molar-refractivity contribution in [3.8, 4) is 5.75 Å². The number of esters is 3. The molecule has 28 heavy (non-hydrogen) atoms. The van der Waals surface area contributed by atoms with E-state index in [1.165, 1.54) is 18.2 Å². The maximum absolute atomic E-state index is 12.5. The minimum absolute atomic E-state index is 0.0175. The van der Waals surface area contributed by atoms with Crippen molar-refractivity contribution >= 4 is 17.9 Å². The van der Waals surface area contributed by atoms with E-state index in [0.29, 0.717) is 5.75 Å². The minimum atomic E-state index is -0.758. The van der Waals surface area contributed by atoms with Gasteiger partial charge in [-0.2, -0.15) is 0 Å². The molecular formula is C21H22O7. The van der Waals surface area contributed by atoms with Crippen molar-refractivity contribution in [2.75, 3.05) is 26.4 Å². The van der Waals surface area contributed by atoms with Gasteiger partial charge in [0.1, 0.15) is 19.0 Å². The van der Waals surface area contributed by atoms with Crippen molar-refractivity contribution in [3.05, 3.63) is 65.2 Å². The molecule has 0 radical (unpaired) electrons. The molecule has 7 heteroatoms. The van der Waals surface area contributed by atoms with E-state index in [2.05, 4.69) is 0 Å². The number of carbonyl (C=O) groups excluding carboxylic acids is 3. The monoisotopic (exact) mass is 386 g/mol. The molecular weight excluding hydrogens is 364 g/mol. The van der Waals surface area contributed by atoms with Crippen molar-refractivity contribution in [3.63, 3.8) is 0 Å². The summed E-state index contributed by atoms with van der Waals surface area (Å²) in [6, 6.07) is 13.1. The predicted molar refractivity (Wildman–Crippen MR) is 101 cm³/mol. The highest BCUT2D eigenvalue weighted by atomic mass is 16.6. The SMILES string of the molecule is CCOC(=O)c1ccc(C(=O)OCC)c(C(=O)OCCOc2ccccc2)c1. The van der Waals surface area contributed by atoms with Gasteiger partial charge in [-0.05, 0) is 44.2 Å². The molecule has 0 N–H and O–H groups in total. The van der Waals surface area contributed by atoms with E-state index >= 15 is 0 Å². The Kier molecular flexibility index (Phi) is 8.02. The first kappa shape index (κ1) is 21.0. The van der Waals surface area contributed by atoms with Crippen LogP contribution in [0.3, 0.4) is 0 Å². The topological polar surface area (TPSA) is 88.1 Å². The second kappa shape index (κ2) is 10.7. The molecule has 2 aromatic rings. The number of ether oxygens (including phenoxy) is 4. The molecule has 2 rings (SSSR count). The van der Waals surface area contributed by atoms with Crippen LogP contribution in [0.5, 0.6) is 5.75 Å². The van der Waals surface area contributed by atoms with Gasteiger partial charge in [-0.3, -0.25) is 0 Å². The molecule has 0 aliphatic rings. The van der Waals surface area contributed by atoms with Crippen LogP contribution in [-0.4, -0.2) is 44.3 Å². The molecule has 0 amide bonds. The van der Waals surface area contributed by atoms with Crippen LogP contribution in [0.2, 0.25) is 0 Å². The zero-order valence-corrected chi connectivity index (χ0v) is 15.8. The van der Waals surface area contributed by atoms with Crippen molar-refractivity contribution in [2.24, 2.45) is 0 Å². The van der Waals surface area contributed by atoms with E-state index in [-0.39, 0.29) is 43.1 Å². The molecule has 2 aromatic carbocycles. The number of hydrogen-bond donors (Lipinski definition) is 0. The molecule has 0 heterocycles. The van der Waals surface area contributed by atoms with E-state index in [1.807, 2.05) is 18.2 Å². The van der Waals surface area contributed by atoms with Gasteiger partial charge in [0.05, 0.1) is 29.9 Å². The summed E-state index contributed by atoms with van der Waals surface area (Å²) in [5, 5.41) is 0. The largest absolute Gasteiger partial charge is 0.490 e. The van der Waals surface area contributed by atoms with Crippen LogP contribution in [0.1, 0.15) is 44.9 Å². The summed E-state index contributed by atoms with van der Waals surface area (Å²) >= 11 is 0. The van der Waals surface area contributed by atoms with Gasteiger partial charge < -0.3 is 18.9 Å². The summed E-state index contributed by atoms with van der Waals surface area (Å²) in [7, 11) is 0. The van der Waals surface area contributed by atoms with Crippen molar-refractivity contribution in [1.29, 1.82) is 0 Å². The third-order valence-corrected chi connectivity index (χ3v) is 3.57. The summed E-state index contributed by atoms with van der Waals surface area (Å²) in [6.07, 6.45) is 0. The lowest BCUT2D eigenvalue weighted by Gasteiger charge is -2.11. The van der Waals surface area contributed by atoms with Crippen LogP contribution in [0.15, 0.2) is 48.5 Å². The number of benzene rings is 2. The summed E-state index contributed by atoms with van der Waals surface area (Å²) < 4.78 is 20.5. The minimum Gasteiger partial charge on any atom is -0.490 e. The second-order valence-corrected chi connectivity index (χ2v) is 5.50. The van der Waals surface area contributed by atoms with Crippen LogP contribution in [0.4, 0.5) is 0 Å². The lowest BCUT2D eigenvalue weighted by molar-refractivity contribution is 0.0428. The fraction of sp³-hybridized carbons (Fsp3) is 0.286. The van der Waals surface area contributed by atoms with Gasteiger partial charge in [0.25, 0.3) is 0 Å². The smallest absolute Gasteiger partial charge is 0.339 e. The van der Waals surface area contributed by atoms with Crippen molar-refractivity contribution < 1.29 is 33.3 Å². The fourth-order valence-electron chi connectivity index (χ4n) is 2.33. The third kappa shape index (κ3) is 5.84. The van der Waals surface area contributed by atoms with Crippen LogP contribution in [0.25, 0.3) is 0 Å². The van der Waals surface area contributed by atoms with Crippen molar-refractivity contribution in [1.82, 2.24) is 0 Å².